The molecule has 3 nitrogen and oxygen atoms in total. The van der Waals surface area contributed by atoms with E-state index in [1.807, 2.05) is 0 Å². The Morgan fingerprint density at radius 1 is 1.10 bits per heavy atom. The van der Waals surface area contributed by atoms with Crippen molar-refractivity contribution >= 4 is 0 Å². The fourth-order valence-corrected chi connectivity index (χ4v) is 6.63. The maximum absolute atomic E-state index is 10.2. The van der Waals surface area contributed by atoms with Crippen molar-refractivity contribution < 1.29 is 15.3 Å². The summed E-state index contributed by atoms with van der Waals surface area (Å²) in [5.74, 6) is 2.28. The first-order chi connectivity index (χ1) is 14.3. The molecule has 166 valence electrons. The van der Waals surface area contributed by atoms with Crippen LogP contribution < -0.4 is 0 Å². The first-order valence-electron chi connectivity index (χ1n) is 12.1. The van der Waals surface area contributed by atoms with Crippen LogP contribution in [0.2, 0.25) is 0 Å². The number of fused-ring (bicyclic) bond motifs is 1. The van der Waals surface area contributed by atoms with Crippen molar-refractivity contribution in [3.63, 3.8) is 0 Å². The zero-order chi connectivity index (χ0) is 21.5. The summed E-state index contributed by atoms with van der Waals surface area (Å²) in [6.07, 6.45) is 16.9. The fraction of sp³-hybridized carbons (Fsp3) is 0.704. The smallest absolute Gasteiger partial charge is 0.0811 e. The van der Waals surface area contributed by atoms with Crippen molar-refractivity contribution in [3.8, 4) is 0 Å². The van der Waals surface area contributed by atoms with Crippen molar-refractivity contribution in [2.75, 3.05) is 0 Å². The van der Waals surface area contributed by atoms with E-state index in [4.69, 9.17) is 0 Å². The average Bonchev–Trinajstić information content (AvgIpc) is 3.49. The molecule has 0 aromatic rings. The highest BCUT2D eigenvalue weighted by Crippen LogP contribution is 2.59. The molecule has 30 heavy (non-hydrogen) atoms. The maximum atomic E-state index is 10.2. The van der Waals surface area contributed by atoms with Gasteiger partial charge in [-0.05, 0) is 91.6 Å². The van der Waals surface area contributed by atoms with Crippen LogP contribution >= 0.6 is 0 Å². The van der Waals surface area contributed by atoms with Crippen LogP contribution in [0.1, 0.15) is 71.6 Å². The lowest BCUT2D eigenvalue weighted by Crippen LogP contribution is -2.35. The van der Waals surface area contributed by atoms with Crippen LogP contribution in [0.5, 0.6) is 0 Å². The SMILES string of the molecule is C=C1C(=CC=C2CCC[C@]3(C)[C@@H]([C@H](C)C=C[C@H](O)C4CC4)CC[C@@H]23)C[C@@H](O)C[C@H]1O. The lowest BCUT2D eigenvalue weighted by molar-refractivity contribution is 0.0862. The van der Waals surface area contributed by atoms with E-state index in [1.165, 1.54) is 44.1 Å². The Morgan fingerprint density at radius 2 is 1.87 bits per heavy atom. The van der Waals surface area contributed by atoms with Gasteiger partial charge < -0.3 is 15.3 Å². The third kappa shape index (κ3) is 4.40. The summed E-state index contributed by atoms with van der Waals surface area (Å²) in [7, 11) is 0. The minimum atomic E-state index is -0.621. The van der Waals surface area contributed by atoms with Gasteiger partial charge in [-0.2, -0.15) is 0 Å². The molecule has 4 fully saturated rings. The summed E-state index contributed by atoms with van der Waals surface area (Å²) in [6, 6.07) is 0. The molecule has 4 aliphatic carbocycles. The molecule has 4 saturated carbocycles. The Kier molecular flexibility index (Phi) is 6.44. The second kappa shape index (κ2) is 8.76. The zero-order valence-electron chi connectivity index (χ0n) is 18.8. The van der Waals surface area contributed by atoms with E-state index in [1.54, 1.807) is 0 Å². The molecule has 0 aromatic heterocycles. The molecule has 0 unspecified atom stereocenters. The van der Waals surface area contributed by atoms with E-state index < -0.39 is 12.2 Å². The van der Waals surface area contributed by atoms with E-state index in [0.717, 1.165) is 17.6 Å². The van der Waals surface area contributed by atoms with Gasteiger partial charge in [0.25, 0.3) is 0 Å². The van der Waals surface area contributed by atoms with Gasteiger partial charge in [-0.25, -0.2) is 0 Å². The van der Waals surface area contributed by atoms with Gasteiger partial charge >= 0.3 is 0 Å². The molecule has 4 rings (SSSR count). The lowest BCUT2D eigenvalue weighted by Gasteiger charge is -2.44. The van der Waals surface area contributed by atoms with Crippen LogP contribution in [0.15, 0.2) is 47.6 Å². The van der Waals surface area contributed by atoms with Crippen LogP contribution in [0.4, 0.5) is 0 Å². The summed E-state index contributed by atoms with van der Waals surface area (Å²) < 4.78 is 0. The molecule has 0 amide bonds. The molecule has 0 heterocycles. The first-order valence-corrected chi connectivity index (χ1v) is 12.1. The summed E-state index contributed by atoms with van der Waals surface area (Å²) in [6.45, 7) is 8.88. The predicted molar refractivity (Wildman–Crippen MR) is 122 cm³/mol. The molecule has 3 N–H and O–H groups in total. The fourth-order valence-electron chi connectivity index (χ4n) is 6.63. The topological polar surface area (TPSA) is 60.7 Å². The predicted octanol–water partition coefficient (Wildman–Crippen LogP) is 5.09. The van der Waals surface area contributed by atoms with E-state index in [0.29, 0.717) is 41.9 Å². The molecule has 0 saturated heterocycles. The van der Waals surface area contributed by atoms with E-state index >= 15 is 0 Å². The van der Waals surface area contributed by atoms with Crippen molar-refractivity contribution in [1.82, 2.24) is 0 Å². The highest BCUT2D eigenvalue weighted by atomic mass is 16.3. The third-order valence-electron chi connectivity index (χ3n) is 8.65. The number of rotatable bonds is 5. The molecule has 0 aliphatic heterocycles. The lowest BCUT2D eigenvalue weighted by atomic mass is 9.61. The largest absolute Gasteiger partial charge is 0.393 e. The van der Waals surface area contributed by atoms with Gasteiger partial charge in [0.05, 0.1) is 18.3 Å². The van der Waals surface area contributed by atoms with Gasteiger partial charge in [0.1, 0.15) is 0 Å². The Labute approximate surface area is 182 Å². The van der Waals surface area contributed by atoms with Crippen LogP contribution in [-0.4, -0.2) is 33.6 Å². The van der Waals surface area contributed by atoms with Gasteiger partial charge in [0, 0.05) is 6.42 Å². The average molecular weight is 413 g/mol. The quantitative estimate of drug-likeness (QED) is 0.551. The Bertz CT molecular complexity index is 743. The Balaban J connectivity index is 1.48. The number of aliphatic hydroxyl groups is 3. The maximum Gasteiger partial charge on any atom is 0.0811 e. The monoisotopic (exact) mass is 412 g/mol. The van der Waals surface area contributed by atoms with Crippen molar-refractivity contribution in [2.45, 2.75) is 89.9 Å². The normalized spacial score (nSPS) is 42.1. The second-order valence-corrected chi connectivity index (χ2v) is 10.7. The van der Waals surface area contributed by atoms with Crippen molar-refractivity contribution in [1.29, 1.82) is 0 Å². The van der Waals surface area contributed by atoms with Crippen LogP contribution in [0, 0.1) is 29.1 Å². The van der Waals surface area contributed by atoms with Gasteiger partial charge in [-0.3, -0.25) is 0 Å². The Morgan fingerprint density at radius 3 is 2.60 bits per heavy atom. The molecular formula is C27H40O3. The van der Waals surface area contributed by atoms with Crippen LogP contribution in [0.25, 0.3) is 0 Å². The molecular weight excluding hydrogens is 372 g/mol. The second-order valence-electron chi connectivity index (χ2n) is 10.7. The molecule has 0 bridgehead atoms. The summed E-state index contributed by atoms with van der Waals surface area (Å²) >= 11 is 0. The number of aliphatic hydroxyl groups excluding tert-OH is 3. The number of hydrogen-bond acceptors (Lipinski definition) is 3. The minimum Gasteiger partial charge on any atom is -0.393 e. The number of hydrogen-bond donors (Lipinski definition) is 3. The van der Waals surface area contributed by atoms with Gasteiger partial charge in [0.2, 0.25) is 0 Å². The molecule has 0 aromatic carbocycles. The standard InChI is InChI=1S/C27H40O3/c1-17(6-13-25(29)20-8-9-20)23-11-12-24-19(5-4-14-27(23,24)3)7-10-21-15-22(28)16-26(30)18(21)2/h6-7,10,13,17,20,22-26,28-30H,2,4-5,8-9,11-12,14-16H2,1,3H3/t17-,22-,23-,24+,25+,26-,27-/m1/s1. The summed E-state index contributed by atoms with van der Waals surface area (Å²) in [5, 5.41) is 30.4. The summed E-state index contributed by atoms with van der Waals surface area (Å²) in [5.41, 5.74) is 3.63. The molecule has 0 radical (unpaired) electrons. The van der Waals surface area contributed by atoms with Crippen LogP contribution in [-0.2, 0) is 0 Å². The van der Waals surface area contributed by atoms with E-state index in [-0.39, 0.29) is 6.10 Å². The van der Waals surface area contributed by atoms with Gasteiger partial charge in [-0.15, -0.1) is 0 Å². The van der Waals surface area contributed by atoms with Gasteiger partial charge in [0.15, 0.2) is 0 Å². The molecule has 3 heteroatoms. The van der Waals surface area contributed by atoms with E-state index in [9.17, 15) is 15.3 Å². The zero-order valence-corrected chi connectivity index (χ0v) is 18.8. The molecule has 7 atom stereocenters. The highest BCUT2D eigenvalue weighted by Gasteiger charge is 2.50. The van der Waals surface area contributed by atoms with Gasteiger partial charge in [-0.1, -0.05) is 50.3 Å². The first kappa shape index (κ1) is 22.0. The molecule has 4 aliphatic rings. The number of allylic oxidation sites excluding steroid dienone is 4. The summed E-state index contributed by atoms with van der Waals surface area (Å²) in [4.78, 5) is 0. The minimum absolute atomic E-state index is 0.250. The third-order valence-corrected chi connectivity index (χ3v) is 8.65. The van der Waals surface area contributed by atoms with Crippen LogP contribution in [0.3, 0.4) is 0 Å². The van der Waals surface area contributed by atoms with Crippen molar-refractivity contribution in [2.24, 2.45) is 29.1 Å². The van der Waals surface area contributed by atoms with Crippen molar-refractivity contribution in [3.05, 3.63) is 47.6 Å². The van der Waals surface area contributed by atoms with E-state index in [2.05, 4.69) is 44.7 Å². The Hall–Kier alpha value is -1.16. The molecule has 0 spiro atoms. The highest BCUT2D eigenvalue weighted by molar-refractivity contribution is 5.38.